The molecule has 6 heteroatoms. The zero-order chi connectivity index (χ0) is 17.6. The second kappa shape index (κ2) is 7.79. The summed E-state index contributed by atoms with van der Waals surface area (Å²) in [7, 11) is 0. The van der Waals surface area contributed by atoms with E-state index in [9.17, 15) is 14.0 Å². The molecule has 2 aromatic carbocycles. The van der Waals surface area contributed by atoms with Crippen LogP contribution in [0.1, 0.15) is 18.4 Å². The van der Waals surface area contributed by atoms with Crippen molar-refractivity contribution in [2.45, 2.75) is 25.8 Å². The Balaban J connectivity index is 1.46. The van der Waals surface area contributed by atoms with Gasteiger partial charge in [-0.05, 0) is 36.6 Å². The third-order valence-corrected chi connectivity index (χ3v) is 4.03. The zero-order valence-corrected chi connectivity index (χ0v) is 13.7. The smallest absolute Gasteiger partial charge is 0.408 e. The second-order valence-corrected chi connectivity index (χ2v) is 5.78. The Hall–Kier alpha value is -2.89. The third kappa shape index (κ3) is 4.15. The van der Waals surface area contributed by atoms with Crippen molar-refractivity contribution in [3.05, 3.63) is 70.5 Å². The topological polar surface area (TPSA) is 64.2 Å². The lowest BCUT2D eigenvalue weighted by atomic mass is 10.1. The first-order chi connectivity index (χ1) is 12.1. The van der Waals surface area contributed by atoms with Gasteiger partial charge in [-0.15, -0.1) is 0 Å². The largest absolute Gasteiger partial charge is 0.419 e. The lowest BCUT2D eigenvalue weighted by Gasteiger charge is -2.06. The number of carbonyl (C=O) groups excluding carboxylic acids is 1. The summed E-state index contributed by atoms with van der Waals surface area (Å²) in [5.41, 5.74) is 1.86. The number of aromatic nitrogens is 1. The molecule has 0 atom stereocenters. The number of hydrogen-bond acceptors (Lipinski definition) is 3. The SMILES string of the molecule is O=C(CCCn1c(=O)oc2ccccc21)NCCc1ccccc1F. The first-order valence-corrected chi connectivity index (χ1v) is 8.23. The van der Waals surface area contributed by atoms with Crippen molar-refractivity contribution in [3.63, 3.8) is 0 Å². The maximum absolute atomic E-state index is 13.5. The van der Waals surface area contributed by atoms with Crippen LogP contribution in [0.25, 0.3) is 11.1 Å². The van der Waals surface area contributed by atoms with Crippen LogP contribution < -0.4 is 11.1 Å². The number of oxazole rings is 1. The van der Waals surface area contributed by atoms with E-state index >= 15 is 0 Å². The molecule has 0 bridgehead atoms. The summed E-state index contributed by atoms with van der Waals surface area (Å²) in [5.74, 6) is -0.790. The molecule has 25 heavy (non-hydrogen) atoms. The van der Waals surface area contributed by atoms with Crippen LogP contribution in [-0.4, -0.2) is 17.0 Å². The maximum atomic E-state index is 13.5. The van der Waals surface area contributed by atoms with Gasteiger partial charge in [0.2, 0.25) is 5.91 Å². The molecule has 0 saturated carbocycles. The van der Waals surface area contributed by atoms with E-state index in [2.05, 4.69) is 5.32 Å². The molecule has 130 valence electrons. The van der Waals surface area contributed by atoms with Gasteiger partial charge in [-0.3, -0.25) is 9.36 Å². The highest BCUT2D eigenvalue weighted by Crippen LogP contribution is 2.12. The van der Waals surface area contributed by atoms with Crippen LogP contribution >= 0.6 is 0 Å². The standard InChI is InChI=1S/C19H19FN2O3/c20-15-7-2-1-6-14(15)11-12-21-18(23)10-5-13-22-16-8-3-4-9-17(16)25-19(22)24/h1-4,6-9H,5,10-13H2,(H,21,23). The molecule has 0 radical (unpaired) electrons. The highest BCUT2D eigenvalue weighted by Gasteiger charge is 2.09. The summed E-state index contributed by atoms with van der Waals surface area (Å²) in [6, 6.07) is 13.7. The van der Waals surface area contributed by atoms with Crippen LogP contribution in [0.4, 0.5) is 4.39 Å². The average Bonchev–Trinajstić information content (AvgIpc) is 2.92. The normalized spacial score (nSPS) is 10.9. The second-order valence-electron chi connectivity index (χ2n) is 5.78. The van der Waals surface area contributed by atoms with Crippen LogP contribution in [0, 0.1) is 5.82 Å². The highest BCUT2D eigenvalue weighted by molar-refractivity contribution is 5.76. The van der Waals surface area contributed by atoms with Crippen LogP contribution in [0.3, 0.4) is 0 Å². The quantitative estimate of drug-likeness (QED) is 0.718. The van der Waals surface area contributed by atoms with Crippen molar-refractivity contribution >= 4 is 17.0 Å². The van der Waals surface area contributed by atoms with Crippen molar-refractivity contribution in [3.8, 4) is 0 Å². The van der Waals surface area contributed by atoms with E-state index in [1.165, 1.54) is 10.6 Å². The van der Waals surface area contributed by atoms with Gasteiger partial charge in [-0.2, -0.15) is 0 Å². The Morgan fingerprint density at radius 3 is 2.72 bits per heavy atom. The molecule has 1 heterocycles. The van der Waals surface area contributed by atoms with Crippen LogP contribution in [-0.2, 0) is 17.8 Å². The van der Waals surface area contributed by atoms with Crippen LogP contribution in [0.2, 0.25) is 0 Å². The Kier molecular flexibility index (Phi) is 5.28. The number of fused-ring (bicyclic) bond motifs is 1. The van der Waals surface area contributed by atoms with Gasteiger partial charge in [0.1, 0.15) is 5.82 Å². The van der Waals surface area contributed by atoms with E-state index in [4.69, 9.17) is 4.42 Å². The summed E-state index contributed by atoms with van der Waals surface area (Å²) < 4.78 is 20.2. The number of carbonyl (C=O) groups is 1. The molecule has 1 N–H and O–H groups in total. The molecule has 3 rings (SSSR count). The number of aryl methyl sites for hydroxylation is 1. The molecule has 3 aromatic rings. The van der Waals surface area contributed by atoms with E-state index in [0.717, 1.165) is 5.52 Å². The van der Waals surface area contributed by atoms with Gasteiger partial charge in [0.15, 0.2) is 5.58 Å². The summed E-state index contributed by atoms with van der Waals surface area (Å²) in [6.45, 7) is 0.797. The lowest BCUT2D eigenvalue weighted by Crippen LogP contribution is -2.26. The minimum absolute atomic E-state index is 0.114. The third-order valence-electron chi connectivity index (χ3n) is 4.03. The van der Waals surface area contributed by atoms with E-state index in [0.29, 0.717) is 43.5 Å². The van der Waals surface area contributed by atoms with Gasteiger partial charge >= 0.3 is 5.76 Å². The van der Waals surface area contributed by atoms with Gasteiger partial charge in [-0.1, -0.05) is 30.3 Å². The van der Waals surface area contributed by atoms with Crippen molar-refractivity contribution < 1.29 is 13.6 Å². The molecule has 0 saturated heterocycles. The number of halogens is 1. The molecular formula is C19H19FN2O3. The van der Waals surface area contributed by atoms with Crippen LogP contribution in [0.15, 0.2) is 57.7 Å². The number of rotatable bonds is 7. The van der Waals surface area contributed by atoms with Crippen LogP contribution in [0.5, 0.6) is 0 Å². The van der Waals surface area contributed by atoms with Crippen molar-refractivity contribution in [2.75, 3.05) is 6.54 Å². The summed E-state index contributed by atoms with van der Waals surface area (Å²) >= 11 is 0. The van der Waals surface area contributed by atoms with Gasteiger partial charge < -0.3 is 9.73 Å². The van der Waals surface area contributed by atoms with Gasteiger partial charge in [0.25, 0.3) is 0 Å². The molecule has 0 aliphatic heterocycles. The van der Waals surface area contributed by atoms with Gasteiger partial charge in [-0.25, -0.2) is 9.18 Å². The Morgan fingerprint density at radius 2 is 1.88 bits per heavy atom. The Morgan fingerprint density at radius 1 is 1.12 bits per heavy atom. The lowest BCUT2D eigenvalue weighted by molar-refractivity contribution is -0.121. The molecule has 0 unspecified atom stereocenters. The fourth-order valence-electron chi connectivity index (χ4n) is 2.75. The van der Waals surface area contributed by atoms with E-state index < -0.39 is 5.76 Å². The predicted molar refractivity (Wildman–Crippen MR) is 92.8 cm³/mol. The monoisotopic (exact) mass is 342 g/mol. The number of hydrogen-bond donors (Lipinski definition) is 1. The molecule has 1 aromatic heterocycles. The fourth-order valence-corrected chi connectivity index (χ4v) is 2.75. The van der Waals surface area contributed by atoms with Gasteiger partial charge in [0.05, 0.1) is 5.52 Å². The van der Waals surface area contributed by atoms with Gasteiger partial charge in [0, 0.05) is 19.5 Å². The zero-order valence-electron chi connectivity index (χ0n) is 13.7. The average molecular weight is 342 g/mol. The maximum Gasteiger partial charge on any atom is 0.419 e. The molecule has 5 nitrogen and oxygen atoms in total. The molecule has 1 amide bonds. The van der Waals surface area contributed by atoms with Crippen molar-refractivity contribution in [1.82, 2.24) is 9.88 Å². The summed E-state index contributed by atoms with van der Waals surface area (Å²) in [4.78, 5) is 23.7. The van der Waals surface area contributed by atoms with Crippen molar-refractivity contribution in [1.29, 1.82) is 0 Å². The Bertz CT molecular complexity index is 930. The number of benzene rings is 2. The molecule has 0 aliphatic rings. The first-order valence-electron chi connectivity index (χ1n) is 8.23. The van der Waals surface area contributed by atoms with Crippen molar-refractivity contribution in [2.24, 2.45) is 0 Å². The number of amides is 1. The minimum Gasteiger partial charge on any atom is -0.408 e. The Labute approximate surface area is 144 Å². The minimum atomic E-state index is -0.416. The number of nitrogens with one attached hydrogen (secondary N) is 1. The summed E-state index contributed by atoms with van der Waals surface area (Å²) in [6.07, 6.45) is 1.27. The van der Waals surface area contributed by atoms with E-state index in [1.54, 1.807) is 30.3 Å². The molecule has 0 fully saturated rings. The predicted octanol–water partition coefficient (Wildman–Crippen LogP) is 2.87. The highest BCUT2D eigenvalue weighted by atomic mass is 19.1. The summed E-state index contributed by atoms with van der Waals surface area (Å²) in [5, 5.41) is 2.77. The van der Waals surface area contributed by atoms with E-state index in [-0.39, 0.29) is 11.7 Å². The fraction of sp³-hybridized carbons (Fsp3) is 0.263. The number of nitrogens with zero attached hydrogens (tertiary/aromatic N) is 1. The number of para-hydroxylation sites is 2. The molecule has 0 spiro atoms. The molecular weight excluding hydrogens is 323 g/mol. The van der Waals surface area contributed by atoms with E-state index in [1.807, 2.05) is 12.1 Å². The molecule has 0 aliphatic carbocycles. The first kappa shape index (κ1) is 17.0.